The van der Waals surface area contributed by atoms with Crippen molar-refractivity contribution in [3.8, 4) is 0 Å². The molecule has 0 fully saturated rings. The Morgan fingerprint density at radius 2 is 1.57 bits per heavy atom. The van der Waals surface area contributed by atoms with Crippen LogP contribution in [0.1, 0.15) is 24.0 Å². The minimum absolute atomic E-state index is 0.0977. The third-order valence-electron chi connectivity index (χ3n) is 4.36. The number of benzene rings is 3. The van der Waals surface area contributed by atoms with Gasteiger partial charge < -0.3 is 0 Å². The molecule has 0 radical (unpaired) electrons. The Morgan fingerprint density at radius 3 is 2.43 bits per heavy atom. The van der Waals surface area contributed by atoms with Crippen LogP contribution < -0.4 is 0 Å². The molecule has 4 heteroatoms. The van der Waals surface area contributed by atoms with Gasteiger partial charge in [0.2, 0.25) is 0 Å². The van der Waals surface area contributed by atoms with Crippen LogP contribution in [0.15, 0.2) is 76.0 Å². The Kier molecular flexibility index (Phi) is 3.10. The lowest BCUT2D eigenvalue weighted by Gasteiger charge is -2.15. The van der Waals surface area contributed by atoms with Crippen LogP contribution in [0.3, 0.4) is 0 Å². The summed E-state index contributed by atoms with van der Waals surface area (Å²) >= 11 is 0. The van der Waals surface area contributed by atoms with E-state index in [0.717, 1.165) is 16.3 Å². The first-order chi connectivity index (χ1) is 11.1. The molecule has 0 saturated carbocycles. The van der Waals surface area contributed by atoms with Gasteiger partial charge in [-0.05, 0) is 22.4 Å². The summed E-state index contributed by atoms with van der Waals surface area (Å²) in [5.41, 5.74) is 2.43. The Morgan fingerprint density at radius 1 is 0.870 bits per heavy atom. The first-order valence-electron chi connectivity index (χ1n) is 7.50. The van der Waals surface area contributed by atoms with Gasteiger partial charge in [-0.1, -0.05) is 67.6 Å². The fourth-order valence-corrected chi connectivity index (χ4v) is 4.53. The van der Waals surface area contributed by atoms with E-state index in [1.165, 1.54) is 0 Å². The molecule has 114 valence electrons. The van der Waals surface area contributed by atoms with E-state index < -0.39 is 10.0 Å². The van der Waals surface area contributed by atoms with Gasteiger partial charge in [0.1, 0.15) is 0 Å². The molecule has 1 heterocycles. The second kappa shape index (κ2) is 5.03. The van der Waals surface area contributed by atoms with E-state index in [9.17, 15) is 8.42 Å². The molecule has 4 rings (SSSR count). The number of nitrogens with zero attached hydrogens (tertiary/aromatic N) is 1. The van der Waals surface area contributed by atoms with Crippen LogP contribution in [-0.2, 0) is 10.0 Å². The first-order valence-corrected chi connectivity index (χ1v) is 8.94. The molecule has 1 aliphatic heterocycles. The van der Waals surface area contributed by atoms with E-state index in [4.69, 9.17) is 0 Å². The second-order valence-electron chi connectivity index (χ2n) is 5.74. The fourth-order valence-electron chi connectivity index (χ4n) is 3.22. The van der Waals surface area contributed by atoms with Gasteiger partial charge in [-0.25, -0.2) is 0 Å². The molecule has 0 aromatic heterocycles. The molecule has 0 amide bonds. The van der Waals surface area contributed by atoms with Gasteiger partial charge in [-0.3, -0.25) is 0 Å². The van der Waals surface area contributed by atoms with Crippen molar-refractivity contribution >= 4 is 26.5 Å². The highest BCUT2D eigenvalue weighted by Crippen LogP contribution is 2.35. The molecular formula is C19H15NO2S. The smallest absolute Gasteiger partial charge is 0.199 e. The van der Waals surface area contributed by atoms with E-state index in [1.54, 1.807) is 12.1 Å². The Balaban J connectivity index is 1.92. The lowest BCUT2D eigenvalue weighted by atomic mass is 9.88. The fraction of sp³-hybridized carbons (Fsp3) is 0.105. The van der Waals surface area contributed by atoms with E-state index in [-0.39, 0.29) is 5.92 Å². The summed E-state index contributed by atoms with van der Waals surface area (Å²) in [5, 5.41) is 2.28. The quantitative estimate of drug-likeness (QED) is 0.712. The molecule has 0 aliphatic carbocycles. The van der Waals surface area contributed by atoms with Crippen molar-refractivity contribution in [2.24, 2.45) is 4.40 Å². The number of hydrogen-bond donors (Lipinski definition) is 0. The summed E-state index contributed by atoms with van der Waals surface area (Å²) in [6.45, 7) is 2.01. The summed E-state index contributed by atoms with van der Waals surface area (Å²) in [6.07, 6.45) is 0. The lowest BCUT2D eigenvalue weighted by Crippen LogP contribution is -2.09. The monoisotopic (exact) mass is 321 g/mol. The second-order valence-corrected chi connectivity index (χ2v) is 7.31. The topological polar surface area (TPSA) is 46.5 Å². The van der Waals surface area contributed by atoms with Crippen molar-refractivity contribution in [3.63, 3.8) is 0 Å². The predicted molar refractivity (Wildman–Crippen MR) is 92.5 cm³/mol. The molecule has 1 unspecified atom stereocenters. The summed E-state index contributed by atoms with van der Waals surface area (Å²) in [5.74, 6) is -0.0977. The van der Waals surface area contributed by atoms with E-state index in [0.29, 0.717) is 16.2 Å². The van der Waals surface area contributed by atoms with Crippen molar-refractivity contribution in [1.82, 2.24) is 0 Å². The zero-order valence-electron chi connectivity index (χ0n) is 12.6. The van der Waals surface area contributed by atoms with Crippen LogP contribution in [0.25, 0.3) is 10.8 Å². The standard InChI is InChI=1S/C19H15NO2S/c1-13(15-11-6-8-14-7-2-3-9-16(14)15)19-17-10-4-5-12-18(17)23(21,22)20-19/h2-13H,1H3. The number of rotatable bonds is 2. The summed E-state index contributed by atoms with van der Waals surface area (Å²) in [4.78, 5) is 0.307. The van der Waals surface area contributed by atoms with Gasteiger partial charge >= 0.3 is 0 Å². The molecule has 1 aliphatic rings. The molecular weight excluding hydrogens is 306 g/mol. The van der Waals surface area contributed by atoms with Crippen LogP contribution in [0.5, 0.6) is 0 Å². The van der Waals surface area contributed by atoms with Crippen LogP contribution in [0.4, 0.5) is 0 Å². The van der Waals surface area contributed by atoms with Crippen molar-refractivity contribution < 1.29 is 8.42 Å². The van der Waals surface area contributed by atoms with Gasteiger partial charge in [0.05, 0.1) is 10.6 Å². The molecule has 0 N–H and O–H groups in total. The zero-order valence-corrected chi connectivity index (χ0v) is 13.4. The SMILES string of the molecule is CC(C1=NS(=O)(=O)c2ccccc21)c1cccc2ccccc12. The highest BCUT2D eigenvalue weighted by atomic mass is 32.2. The maximum absolute atomic E-state index is 12.3. The van der Waals surface area contributed by atoms with E-state index >= 15 is 0 Å². The van der Waals surface area contributed by atoms with Gasteiger partial charge in [-0.2, -0.15) is 12.8 Å². The minimum Gasteiger partial charge on any atom is -0.199 e. The number of fused-ring (bicyclic) bond motifs is 2. The van der Waals surface area contributed by atoms with Crippen LogP contribution >= 0.6 is 0 Å². The Bertz CT molecular complexity index is 1050. The molecule has 3 nitrogen and oxygen atoms in total. The van der Waals surface area contributed by atoms with Gasteiger partial charge in [-0.15, -0.1) is 0 Å². The average Bonchev–Trinajstić information content (AvgIpc) is 2.86. The van der Waals surface area contributed by atoms with Crippen LogP contribution in [-0.4, -0.2) is 14.1 Å². The van der Waals surface area contributed by atoms with Gasteiger partial charge in [0, 0.05) is 11.5 Å². The predicted octanol–water partition coefficient (Wildman–Crippen LogP) is 4.13. The molecule has 3 aromatic rings. The largest absolute Gasteiger partial charge is 0.283 e. The van der Waals surface area contributed by atoms with Gasteiger partial charge in [0.15, 0.2) is 0 Å². The molecule has 23 heavy (non-hydrogen) atoms. The van der Waals surface area contributed by atoms with Crippen LogP contribution in [0.2, 0.25) is 0 Å². The first kappa shape index (κ1) is 14.2. The summed E-state index contributed by atoms with van der Waals surface area (Å²) < 4.78 is 28.6. The maximum atomic E-state index is 12.3. The van der Waals surface area contributed by atoms with Gasteiger partial charge in [0.25, 0.3) is 10.0 Å². The number of sulfonamides is 1. The zero-order chi connectivity index (χ0) is 16.0. The van der Waals surface area contributed by atoms with Crippen molar-refractivity contribution in [1.29, 1.82) is 0 Å². The Labute approximate surface area is 135 Å². The van der Waals surface area contributed by atoms with Crippen molar-refractivity contribution in [2.75, 3.05) is 0 Å². The third kappa shape index (κ3) is 2.18. The molecule has 0 bridgehead atoms. The lowest BCUT2D eigenvalue weighted by molar-refractivity contribution is 0.599. The van der Waals surface area contributed by atoms with Crippen molar-refractivity contribution in [2.45, 2.75) is 17.7 Å². The Hall–Kier alpha value is -2.46. The molecule has 1 atom stereocenters. The third-order valence-corrected chi connectivity index (χ3v) is 5.71. The summed E-state index contributed by atoms with van der Waals surface area (Å²) in [6, 6.07) is 21.3. The highest BCUT2D eigenvalue weighted by molar-refractivity contribution is 7.90. The number of hydrogen-bond acceptors (Lipinski definition) is 2. The maximum Gasteiger partial charge on any atom is 0.283 e. The van der Waals surface area contributed by atoms with E-state index in [2.05, 4.69) is 22.6 Å². The van der Waals surface area contributed by atoms with E-state index in [1.807, 2.05) is 43.3 Å². The average molecular weight is 321 g/mol. The highest BCUT2D eigenvalue weighted by Gasteiger charge is 2.31. The molecule has 3 aromatic carbocycles. The molecule has 0 saturated heterocycles. The normalized spacial score (nSPS) is 16.8. The summed E-state index contributed by atoms with van der Waals surface area (Å²) in [7, 11) is -3.57. The minimum atomic E-state index is -3.57. The van der Waals surface area contributed by atoms with Crippen molar-refractivity contribution in [3.05, 3.63) is 77.9 Å². The van der Waals surface area contributed by atoms with Crippen LogP contribution in [0, 0.1) is 0 Å². The molecule has 0 spiro atoms.